The van der Waals surface area contributed by atoms with Crippen LogP contribution < -0.4 is 10.5 Å². The van der Waals surface area contributed by atoms with Crippen molar-refractivity contribution in [3.8, 4) is 5.75 Å². The van der Waals surface area contributed by atoms with Gasteiger partial charge in [-0.15, -0.1) is 11.3 Å². The van der Waals surface area contributed by atoms with Crippen LogP contribution in [0, 0.1) is 6.92 Å². The van der Waals surface area contributed by atoms with E-state index in [-0.39, 0.29) is 0 Å². The average molecular weight is 290 g/mol. The van der Waals surface area contributed by atoms with Gasteiger partial charge in [0.1, 0.15) is 5.75 Å². The van der Waals surface area contributed by atoms with Crippen molar-refractivity contribution >= 4 is 11.3 Å². The molecule has 1 aromatic carbocycles. The van der Waals surface area contributed by atoms with Crippen LogP contribution in [-0.4, -0.2) is 11.6 Å². The molecular formula is C16H22N2OS. The molecule has 2 aromatic rings. The fourth-order valence-electron chi connectivity index (χ4n) is 2.12. The number of aryl methyl sites for hydroxylation is 1. The molecule has 108 valence electrons. The molecule has 1 heterocycles. The zero-order valence-corrected chi connectivity index (χ0v) is 13.2. The highest BCUT2D eigenvalue weighted by Gasteiger charge is 2.09. The van der Waals surface area contributed by atoms with Crippen LogP contribution in [-0.2, 0) is 13.0 Å². The Kier molecular flexibility index (Phi) is 5.15. The Morgan fingerprint density at radius 2 is 2.05 bits per heavy atom. The van der Waals surface area contributed by atoms with Crippen LogP contribution in [0.5, 0.6) is 5.75 Å². The van der Waals surface area contributed by atoms with Gasteiger partial charge < -0.3 is 10.5 Å². The molecule has 1 aromatic heterocycles. The van der Waals surface area contributed by atoms with Gasteiger partial charge in [0.2, 0.25) is 0 Å². The van der Waals surface area contributed by atoms with Gasteiger partial charge in [0.25, 0.3) is 0 Å². The predicted octanol–water partition coefficient (Wildman–Crippen LogP) is 3.66. The molecular weight excluding hydrogens is 268 g/mol. The average Bonchev–Trinajstić information content (AvgIpc) is 2.79. The first-order valence-electron chi connectivity index (χ1n) is 6.98. The van der Waals surface area contributed by atoms with E-state index in [1.165, 1.54) is 10.4 Å². The fourth-order valence-corrected chi connectivity index (χ4v) is 3.05. The second-order valence-electron chi connectivity index (χ2n) is 5.11. The number of thiazole rings is 1. The maximum atomic E-state index is 5.92. The Balaban J connectivity index is 1.96. The van der Waals surface area contributed by atoms with E-state index in [0.717, 1.165) is 22.9 Å². The number of rotatable bonds is 6. The molecule has 0 aliphatic rings. The minimum absolute atomic E-state index is 0.470. The fraction of sp³-hybridized carbons (Fsp3) is 0.438. The van der Waals surface area contributed by atoms with Crippen LogP contribution in [0.15, 0.2) is 24.3 Å². The van der Waals surface area contributed by atoms with E-state index >= 15 is 0 Å². The highest BCUT2D eigenvalue weighted by atomic mass is 32.1. The third-order valence-corrected chi connectivity index (χ3v) is 4.48. The molecule has 3 nitrogen and oxygen atoms in total. The summed E-state index contributed by atoms with van der Waals surface area (Å²) in [5.74, 6) is 1.45. The summed E-state index contributed by atoms with van der Waals surface area (Å²) in [6, 6.07) is 8.23. The lowest BCUT2D eigenvalue weighted by atomic mass is 10.0. The van der Waals surface area contributed by atoms with Gasteiger partial charge in [-0.2, -0.15) is 0 Å². The van der Waals surface area contributed by atoms with Crippen LogP contribution in [0.1, 0.15) is 40.9 Å². The van der Waals surface area contributed by atoms with E-state index in [0.29, 0.717) is 19.1 Å². The van der Waals surface area contributed by atoms with Gasteiger partial charge in [-0.1, -0.05) is 32.0 Å². The third kappa shape index (κ3) is 3.58. The van der Waals surface area contributed by atoms with Crippen molar-refractivity contribution in [2.45, 2.75) is 39.7 Å². The first kappa shape index (κ1) is 15.0. The second-order valence-corrected chi connectivity index (χ2v) is 6.28. The molecule has 0 fully saturated rings. The molecule has 0 bridgehead atoms. The van der Waals surface area contributed by atoms with E-state index in [4.69, 9.17) is 10.5 Å². The normalized spacial score (nSPS) is 11.1. The molecule has 20 heavy (non-hydrogen) atoms. The lowest BCUT2D eigenvalue weighted by Crippen LogP contribution is -2.03. The minimum atomic E-state index is 0.470. The lowest BCUT2D eigenvalue weighted by Gasteiger charge is -2.13. The van der Waals surface area contributed by atoms with Gasteiger partial charge in [0.05, 0.1) is 17.3 Å². The van der Waals surface area contributed by atoms with Crippen molar-refractivity contribution in [3.63, 3.8) is 0 Å². The van der Waals surface area contributed by atoms with Gasteiger partial charge in [-0.3, -0.25) is 0 Å². The zero-order valence-electron chi connectivity index (χ0n) is 12.3. The summed E-state index contributed by atoms with van der Waals surface area (Å²) in [6.07, 6.45) is 0.831. The minimum Gasteiger partial charge on any atom is -0.493 e. The van der Waals surface area contributed by atoms with Gasteiger partial charge in [-0.05, 0) is 24.5 Å². The number of benzene rings is 1. The van der Waals surface area contributed by atoms with Crippen molar-refractivity contribution in [2.24, 2.45) is 5.73 Å². The maximum absolute atomic E-state index is 5.92. The van der Waals surface area contributed by atoms with E-state index in [1.807, 2.05) is 19.1 Å². The van der Waals surface area contributed by atoms with Gasteiger partial charge >= 0.3 is 0 Å². The lowest BCUT2D eigenvalue weighted by molar-refractivity contribution is 0.317. The Hall–Kier alpha value is -1.39. The maximum Gasteiger partial charge on any atom is 0.122 e. The molecule has 0 aliphatic carbocycles. The first-order valence-corrected chi connectivity index (χ1v) is 7.80. The smallest absolute Gasteiger partial charge is 0.122 e. The van der Waals surface area contributed by atoms with Gasteiger partial charge in [0.15, 0.2) is 0 Å². The Labute approximate surface area is 124 Å². The predicted molar refractivity (Wildman–Crippen MR) is 84.5 cm³/mol. The van der Waals surface area contributed by atoms with Crippen molar-refractivity contribution in [1.82, 2.24) is 4.98 Å². The summed E-state index contributed by atoms with van der Waals surface area (Å²) in [5, 5.41) is 1.10. The number of aromatic nitrogens is 1. The van der Waals surface area contributed by atoms with E-state index in [2.05, 4.69) is 31.0 Å². The van der Waals surface area contributed by atoms with Crippen LogP contribution in [0.3, 0.4) is 0 Å². The number of nitrogens with two attached hydrogens (primary N) is 1. The monoisotopic (exact) mass is 290 g/mol. The standard InChI is InChI=1S/C16H22N2OS/c1-11(2)13-6-4-5-7-14(13)19-9-8-16-18-12(3)15(10-17)20-16/h4-7,11H,8-10,17H2,1-3H3. The number of para-hydroxylation sites is 1. The van der Waals surface area contributed by atoms with Crippen LogP contribution in [0.2, 0.25) is 0 Å². The van der Waals surface area contributed by atoms with Crippen LogP contribution in [0.25, 0.3) is 0 Å². The highest BCUT2D eigenvalue weighted by molar-refractivity contribution is 7.11. The molecule has 0 saturated carbocycles. The molecule has 0 unspecified atom stereocenters. The van der Waals surface area contributed by atoms with Gasteiger partial charge in [0, 0.05) is 17.8 Å². The molecule has 0 aliphatic heterocycles. The second kappa shape index (κ2) is 6.86. The zero-order chi connectivity index (χ0) is 14.5. The summed E-state index contributed by atoms with van der Waals surface area (Å²) >= 11 is 1.69. The van der Waals surface area contributed by atoms with Crippen LogP contribution >= 0.6 is 11.3 Å². The number of ether oxygens (including phenoxy) is 1. The molecule has 2 rings (SSSR count). The number of hydrogen-bond donors (Lipinski definition) is 1. The number of nitrogens with zero attached hydrogens (tertiary/aromatic N) is 1. The summed E-state index contributed by atoms with van der Waals surface area (Å²) in [4.78, 5) is 5.70. The summed E-state index contributed by atoms with van der Waals surface area (Å²) in [6.45, 7) is 7.60. The molecule has 2 N–H and O–H groups in total. The topological polar surface area (TPSA) is 48.1 Å². The quantitative estimate of drug-likeness (QED) is 0.883. The Morgan fingerprint density at radius 1 is 1.30 bits per heavy atom. The van der Waals surface area contributed by atoms with Crippen molar-refractivity contribution in [3.05, 3.63) is 45.4 Å². The molecule has 0 amide bonds. The van der Waals surface area contributed by atoms with Gasteiger partial charge in [-0.25, -0.2) is 4.98 Å². The summed E-state index contributed by atoms with van der Waals surface area (Å²) in [7, 11) is 0. The van der Waals surface area contributed by atoms with Crippen molar-refractivity contribution in [2.75, 3.05) is 6.61 Å². The summed E-state index contributed by atoms with van der Waals surface area (Å²) in [5.41, 5.74) is 7.98. The van der Waals surface area contributed by atoms with E-state index in [9.17, 15) is 0 Å². The summed E-state index contributed by atoms with van der Waals surface area (Å²) < 4.78 is 5.92. The van der Waals surface area contributed by atoms with E-state index in [1.54, 1.807) is 11.3 Å². The van der Waals surface area contributed by atoms with Crippen LogP contribution in [0.4, 0.5) is 0 Å². The molecule has 0 saturated heterocycles. The molecule has 4 heteroatoms. The SMILES string of the molecule is Cc1nc(CCOc2ccccc2C(C)C)sc1CN. The molecule has 0 spiro atoms. The van der Waals surface area contributed by atoms with Crippen molar-refractivity contribution in [1.29, 1.82) is 0 Å². The Morgan fingerprint density at radius 3 is 2.70 bits per heavy atom. The first-order chi connectivity index (χ1) is 9.61. The Bertz CT molecular complexity index is 563. The van der Waals surface area contributed by atoms with Crippen molar-refractivity contribution < 1.29 is 4.74 Å². The highest BCUT2D eigenvalue weighted by Crippen LogP contribution is 2.26. The largest absolute Gasteiger partial charge is 0.493 e. The van der Waals surface area contributed by atoms with E-state index < -0.39 is 0 Å². The third-order valence-electron chi connectivity index (χ3n) is 3.24. The molecule has 0 atom stereocenters. The number of hydrogen-bond acceptors (Lipinski definition) is 4. The molecule has 0 radical (unpaired) electrons.